The quantitative estimate of drug-likeness (QED) is 0.879. The molecule has 0 atom stereocenters. The smallest absolute Gasteiger partial charge is 0.341 e. The van der Waals surface area contributed by atoms with Crippen molar-refractivity contribution in [1.82, 2.24) is 4.98 Å². The van der Waals surface area contributed by atoms with Crippen LogP contribution < -0.4 is 5.32 Å². The normalized spacial score (nSPS) is 13.1. The van der Waals surface area contributed by atoms with Gasteiger partial charge in [0.15, 0.2) is 0 Å². The lowest BCUT2D eigenvalue weighted by molar-refractivity contribution is 0.0601. The summed E-state index contributed by atoms with van der Waals surface area (Å²) in [6, 6.07) is 5.72. The predicted molar refractivity (Wildman–Crippen MR) is 79.2 cm³/mol. The maximum absolute atomic E-state index is 11.7. The average Bonchev–Trinajstić information content (AvgIpc) is 3.05. The lowest BCUT2D eigenvalue weighted by atomic mass is 10.2. The van der Waals surface area contributed by atoms with Crippen LogP contribution in [-0.4, -0.2) is 18.1 Å². The van der Waals surface area contributed by atoms with Crippen molar-refractivity contribution in [2.24, 2.45) is 0 Å². The van der Waals surface area contributed by atoms with Crippen LogP contribution in [0.5, 0.6) is 0 Å². The highest BCUT2D eigenvalue weighted by Gasteiger charge is 2.16. The van der Waals surface area contributed by atoms with Gasteiger partial charge >= 0.3 is 5.97 Å². The topological polar surface area (TPSA) is 51.2 Å². The number of nitrogens with one attached hydrogen (secondary N) is 1. The second kappa shape index (κ2) is 5.63. The van der Waals surface area contributed by atoms with Crippen LogP contribution in [-0.2, 0) is 24.1 Å². The number of hydrogen-bond acceptors (Lipinski definition) is 5. The van der Waals surface area contributed by atoms with E-state index in [4.69, 9.17) is 4.74 Å². The lowest BCUT2D eigenvalue weighted by Gasteiger charge is -2.08. The number of hydrogen-bond donors (Lipinski definition) is 1. The van der Waals surface area contributed by atoms with Crippen molar-refractivity contribution in [2.75, 3.05) is 12.4 Å². The van der Waals surface area contributed by atoms with Crippen molar-refractivity contribution in [3.05, 3.63) is 45.3 Å². The molecule has 2 heterocycles. The molecule has 104 valence electrons. The summed E-state index contributed by atoms with van der Waals surface area (Å²) in [5.74, 6) is 0.210. The third kappa shape index (κ3) is 2.54. The minimum atomic E-state index is -0.366. The summed E-state index contributed by atoms with van der Waals surface area (Å²) in [6.45, 7) is 0.693. The second-order valence-electron chi connectivity index (χ2n) is 4.76. The number of fused-ring (bicyclic) bond motifs is 1. The highest BCUT2D eigenvalue weighted by molar-refractivity contribution is 7.12. The van der Waals surface area contributed by atoms with E-state index in [0.717, 1.165) is 0 Å². The van der Waals surface area contributed by atoms with Gasteiger partial charge in [0.2, 0.25) is 0 Å². The number of pyridine rings is 1. The zero-order valence-corrected chi connectivity index (χ0v) is 12.1. The number of anilines is 1. The number of carbonyl (C=O) groups excluding carboxylic acids is 1. The molecular weight excluding hydrogens is 272 g/mol. The van der Waals surface area contributed by atoms with Gasteiger partial charge in [0.25, 0.3) is 0 Å². The fraction of sp³-hybridized carbons (Fsp3) is 0.333. The molecular formula is C15H16N2O2S. The van der Waals surface area contributed by atoms with Gasteiger partial charge in [0.05, 0.1) is 13.7 Å². The molecule has 0 aromatic carbocycles. The van der Waals surface area contributed by atoms with Crippen LogP contribution in [0.4, 0.5) is 5.82 Å². The summed E-state index contributed by atoms with van der Waals surface area (Å²) in [4.78, 5) is 18.7. The Kier molecular flexibility index (Phi) is 3.69. The number of thiophene rings is 1. The van der Waals surface area contributed by atoms with Crippen LogP contribution in [0.3, 0.4) is 0 Å². The molecule has 3 rings (SSSR count). The van der Waals surface area contributed by atoms with E-state index in [9.17, 15) is 4.79 Å². The number of aromatic nitrogens is 1. The molecule has 0 saturated carbocycles. The van der Waals surface area contributed by atoms with Gasteiger partial charge in [-0.15, -0.1) is 11.3 Å². The average molecular weight is 288 g/mol. The number of ether oxygens (including phenoxy) is 1. The third-order valence-electron chi connectivity index (χ3n) is 3.44. The highest BCUT2D eigenvalue weighted by Crippen LogP contribution is 2.31. The molecule has 1 aliphatic carbocycles. The van der Waals surface area contributed by atoms with Crippen LogP contribution in [0.25, 0.3) is 0 Å². The number of rotatable bonds is 4. The summed E-state index contributed by atoms with van der Waals surface area (Å²) in [5, 5.41) is 3.23. The summed E-state index contributed by atoms with van der Waals surface area (Å²) >= 11 is 1.85. The molecule has 1 aliphatic rings. The Labute approximate surface area is 121 Å². The minimum absolute atomic E-state index is 0.366. The molecule has 0 aliphatic heterocycles. The van der Waals surface area contributed by atoms with E-state index in [1.54, 1.807) is 18.3 Å². The van der Waals surface area contributed by atoms with Crippen molar-refractivity contribution in [2.45, 2.75) is 25.8 Å². The Morgan fingerprint density at radius 2 is 2.40 bits per heavy atom. The van der Waals surface area contributed by atoms with Gasteiger partial charge in [0.1, 0.15) is 11.4 Å². The molecule has 0 bridgehead atoms. The zero-order chi connectivity index (χ0) is 13.9. The van der Waals surface area contributed by atoms with Gasteiger partial charge in [-0.05, 0) is 43.0 Å². The Morgan fingerprint density at radius 3 is 3.20 bits per heavy atom. The molecule has 2 aromatic rings. The number of nitrogens with zero attached hydrogens (tertiary/aromatic N) is 1. The van der Waals surface area contributed by atoms with Gasteiger partial charge in [-0.2, -0.15) is 0 Å². The van der Waals surface area contributed by atoms with E-state index in [-0.39, 0.29) is 5.97 Å². The number of methoxy groups -OCH3 is 1. The summed E-state index contributed by atoms with van der Waals surface area (Å²) < 4.78 is 4.76. The Morgan fingerprint density at radius 1 is 1.50 bits per heavy atom. The summed E-state index contributed by atoms with van der Waals surface area (Å²) in [5.41, 5.74) is 1.96. The van der Waals surface area contributed by atoms with Crippen molar-refractivity contribution in [3.63, 3.8) is 0 Å². The summed E-state index contributed by atoms with van der Waals surface area (Å²) in [7, 11) is 1.38. The van der Waals surface area contributed by atoms with E-state index in [0.29, 0.717) is 17.9 Å². The lowest BCUT2D eigenvalue weighted by Crippen LogP contribution is -2.09. The molecule has 1 N–H and O–H groups in total. The molecule has 20 heavy (non-hydrogen) atoms. The highest BCUT2D eigenvalue weighted by atomic mass is 32.1. The number of aryl methyl sites for hydroxylation is 2. The maximum Gasteiger partial charge on any atom is 0.341 e. The van der Waals surface area contributed by atoms with E-state index in [2.05, 4.69) is 16.4 Å². The molecule has 0 saturated heterocycles. The van der Waals surface area contributed by atoms with E-state index in [1.807, 2.05) is 11.3 Å². The zero-order valence-electron chi connectivity index (χ0n) is 11.3. The van der Waals surface area contributed by atoms with Crippen LogP contribution in [0.1, 0.15) is 32.1 Å². The third-order valence-corrected chi connectivity index (χ3v) is 4.68. The number of carbonyl (C=O) groups is 1. The van der Waals surface area contributed by atoms with Gasteiger partial charge < -0.3 is 10.1 Å². The fourth-order valence-corrected chi connectivity index (χ4v) is 3.67. The molecule has 0 amide bonds. The van der Waals surface area contributed by atoms with Crippen molar-refractivity contribution in [1.29, 1.82) is 0 Å². The molecule has 0 unspecified atom stereocenters. The van der Waals surface area contributed by atoms with E-state index in [1.165, 1.54) is 41.7 Å². The minimum Gasteiger partial charge on any atom is -0.465 e. The largest absolute Gasteiger partial charge is 0.465 e. The molecule has 4 nitrogen and oxygen atoms in total. The first-order valence-electron chi connectivity index (χ1n) is 6.65. The van der Waals surface area contributed by atoms with Crippen molar-refractivity contribution >= 4 is 23.1 Å². The van der Waals surface area contributed by atoms with Crippen LogP contribution in [0, 0.1) is 0 Å². The SMILES string of the molecule is COC(=O)c1cccnc1NCc1cc2c(s1)CCC2. The first-order chi connectivity index (χ1) is 9.78. The Balaban J connectivity index is 1.73. The van der Waals surface area contributed by atoms with Gasteiger partial charge in [-0.1, -0.05) is 0 Å². The first-order valence-corrected chi connectivity index (χ1v) is 7.47. The molecule has 0 radical (unpaired) electrons. The number of esters is 1. The maximum atomic E-state index is 11.7. The fourth-order valence-electron chi connectivity index (χ4n) is 2.47. The van der Waals surface area contributed by atoms with E-state index >= 15 is 0 Å². The standard InChI is InChI=1S/C15H16N2O2S/c1-19-15(18)12-5-3-7-16-14(12)17-9-11-8-10-4-2-6-13(10)20-11/h3,5,7-8H,2,4,6,9H2,1H3,(H,16,17). The molecule has 2 aromatic heterocycles. The van der Waals surface area contributed by atoms with Gasteiger partial charge in [0, 0.05) is 16.0 Å². The van der Waals surface area contributed by atoms with Crippen molar-refractivity contribution < 1.29 is 9.53 Å². The van der Waals surface area contributed by atoms with Crippen LogP contribution in [0.15, 0.2) is 24.4 Å². The summed E-state index contributed by atoms with van der Waals surface area (Å²) in [6.07, 6.45) is 5.35. The first kappa shape index (κ1) is 13.1. The monoisotopic (exact) mass is 288 g/mol. The molecule has 0 fully saturated rings. The van der Waals surface area contributed by atoms with Gasteiger partial charge in [-0.3, -0.25) is 0 Å². The van der Waals surface area contributed by atoms with Crippen molar-refractivity contribution in [3.8, 4) is 0 Å². The van der Waals surface area contributed by atoms with Crippen LogP contribution >= 0.6 is 11.3 Å². The van der Waals surface area contributed by atoms with E-state index < -0.39 is 0 Å². The van der Waals surface area contributed by atoms with Crippen LogP contribution in [0.2, 0.25) is 0 Å². The second-order valence-corrected chi connectivity index (χ2v) is 5.98. The Hall–Kier alpha value is -1.88. The molecule has 0 spiro atoms. The van der Waals surface area contributed by atoms with Gasteiger partial charge in [-0.25, -0.2) is 9.78 Å². The molecule has 5 heteroatoms. The Bertz CT molecular complexity index is 615. The predicted octanol–water partition coefficient (Wildman–Crippen LogP) is 3.03.